The number of nitrogens with one attached hydrogen (secondary N) is 2. The molecule has 0 saturated carbocycles. The van der Waals surface area contributed by atoms with Crippen molar-refractivity contribution in [3.8, 4) is 0 Å². The lowest BCUT2D eigenvalue weighted by Gasteiger charge is -2.08. The van der Waals surface area contributed by atoms with Gasteiger partial charge in [-0.15, -0.1) is 0 Å². The van der Waals surface area contributed by atoms with Crippen molar-refractivity contribution in [1.82, 2.24) is 30.2 Å². The molecule has 0 aromatic carbocycles. The van der Waals surface area contributed by atoms with Crippen LogP contribution in [0.2, 0.25) is 0 Å². The molecule has 0 aliphatic carbocycles. The third-order valence-electron chi connectivity index (χ3n) is 3.50. The summed E-state index contributed by atoms with van der Waals surface area (Å²) in [4.78, 5) is 34.5. The number of alkyl halides is 3. The lowest BCUT2D eigenvalue weighted by Crippen LogP contribution is -2.36. The van der Waals surface area contributed by atoms with Crippen molar-refractivity contribution in [2.45, 2.75) is 26.2 Å². The molecule has 0 aliphatic heterocycles. The zero-order chi connectivity index (χ0) is 20.9. The van der Waals surface area contributed by atoms with Gasteiger partial charge in [0.15, 0.2) is 11.4 Å². The number of carboxylic acids is 1. The van der Waals surface area contributed by atoms with Crippen molar-refractivity contribution >= 4 is 17.8 Å². The summed E-state index contributed by atoms with van der Waals surface area (Å²) in [6.45, 7) is 1.40. The summed E-state index contributed by atoms with van der Waals surface area (Å²) in [7, 11) is 0. The van der Waals surface area contributed by atoms with Crippen LogP contribution in [0, 0.1) is 0 Å². The lowest BCUT2D eigenvalue weighted by molar-refractivity contribution is -0.141. The van der Waals surface area contributed by atoms with Gasteiger partial charge in [0.1, 0.15) is 12.2 Å². The Kier molecular flexibility index (Phi) is 6.38. The Morgan fingerprint density at radius 1 is 1.18 bits per heavy atom. The van der Waals surface area contributed by atoms with E-state index < -0.39 is 29.7 Å². The fourth-order valence-corrected chi connectivity index (χ4v) is 2.21. The van der Waals surface area contributed by atoms with Crippen molar-refractivity contribution in [3.63, 3.8) is 0 Å². The highest BCUT2D eigenvalue weighted by Gasteiger charge is 2.35. The van der Waals surface area contributed by atoms with Crippen LogP contribution in [-0.4, -0.2) is 55.5 Å². The van der Waals surface area contributed by atoms with Gasteiger partial charge in [0.05, 0.1) is 0 Å². The van der Waals surface area contributed by atoms with E-state index in [1.54, 1.807) is 6.92 Å². The van der Waals surface area contributed by atoms with Crippen molar-refractivity contribution < 1.29 is 32.7 Å². The van der Waals surface area contributed by atoms with Gasteiger partial charge in [0, 0.05) is 31.9 Å². The molecule has 2 amide bonds. The van der Waals surface area contributed by atoms with E-state index in [2.05, 4.69) is 20.8 Å². The average Bonchev–Trinajstić information content (AvgIpc) is 3.24. The quantitative estimate of drug-likeness (QED) is 0.547. The molecule has 2 rings (SSSR count). The van der Waals surface area contributed by atoms with Crippen LogP contribution < -0.4 is 10.6 Å². The number of hydrogen-bond acceptors (Lipinski definition) is 5. The second kappa shape index (κ2) is 8.54. The number of carbonyl (C=O) groups excluding carboxylic acids is 2. The number of aryl methyl sites for hydroxylation is 1. The Morgan fingerprint density at radius 2 is 1.86 bits per heavy atom. The maximum atomic E-state index is 12.7. The van der Waals surface area contributed by atoms with E-state index in [4.69, 9.17) is 5.11 Å². The highest BCUT2D eigenvalue weighted by molar-refractivity contribution is 5.92. The minimum absolute atomic E-state index is 0.0179. The molecule has 0 radical (unpaired) electrons. The van der Waals surface area contributed by atoms with E-state index in [0.717, 1.165) is 9.36 Å². The number of nitrogens with zero attached hydrogens (tertiary/aromatic N) is 4. The molecule has 10 nitrogen and oxygen atoms in total. The Labute approximate surface area is 156 Å². The third-order valence-corrected chi connectivity index (χ3v) is 3.50. The van der Waals surface area contributed by atoms with Gasteiger partial charge >= 0.3 is 12.1 Å². The fraction of sp³-hybridized carbons (Fsp3) is 0.400. The molecule has 0 saturated heterocycles. The molecule has 0 spiro atoms. The van der Waals surface area contributed by atoms with Crippen LogP contribution >= 0.6 is 0 Å². The topological polar surface area (TPSA) is 131 Å². The van der Waals surface area contributed by atoms with Crippen LogP contribution in [0.4, 0.5) is 13.2 Å². The van der Waals surface area contributed by atoms with Gasteiger partial charge in [-0.2, -0.15) is 23.4 Å². The van der Waals surface area contributed by atoms with Crippen LogP contribution in [0.1, 0.15) is 33.6 Å². The third kappa shape index (κ3) is 5.31. The number of rotatable bonds is 8. The molecule has 0 unspecified atom stereocenters. The Morgan fingerprint density at radius 3 is 2.43 bits per heavy atom. The highest BCUT2D eigenvalue weighted by Crippen LogP contribution is 2.28. The molecule has 0 fully saturated rings. The number of carboxylic acid groups (broad SMARTS) is 1. The van der Waals surface area contributed by atoms with Gasteiger partial charge in [-0.3, -0.25) is 19.0 Å². The molecule has 13 heteroatoms. The zero-order valence-corrected chi connectivity index (χ0v) is 14.7. The summed E-state index contributed by atoms with van der Waals surface area (Å²) in [5.74, 6) is -2.45. The van der Waals surface area contributed by atoms with E-state index in [0.29, 0.717) is 6.07 Å². The molecular formula is C15H17F3N6O4. The minimum Gasteiger partial charge on any atom is -0.476 e. The Balaban J connectivity index is 1.81. The first-order valence-corrected chi connectivity index (χ1v) is 8.08. The van der Waals surface area contributed by atoms with Gasteiger partial charge in [0.2, 0.25) is 5.91 Å². The van der Waals surface area contributed by atoms with Gasteiger partial charge in [-0.05, 0) is 13.0 Å². The maximum Gasteiger partial charge on any atom is 0.435 e. The maximum absolute atomic E-state index is 12.7. The first-order valence-electron chi connectivity index (χ1n) is 8.08. The Bertz CT molecular complexity index is 873. The Hall–Kier alpha value is -3.38. The smallest absolute Gasteiger partial charge is 0.435 e. The molecule has 2 aromatic rings. The van der Waals surface area contributed by atoms with Crippen molar-refractivity contribution in [2.24, 2.45) is 0 Å². The van der Waals surface area contributed by atoms with Crippen LogP contribution in [-0.2, 0) is 24.1 Å². The summed E-state index contributed by atoms with van der Waals surface area (Å²) in [5, 5.41) is 20.6. The largest absolute Gasteiger partial charge is 0.476 e. The van der Waals surface area contributed by atoms with Gasteiger partial charge < -0.3 is 15.7 Å². The molecular weight excluding hydrogens is 385 g/mol. The number of carbonyl (C=O) groups is 3. The van der Waals surface area contributed by atoms with Gasteiger partial charge in [-0.25, -0.2) is 4.79 Å². The predicted octanol–water partition coefficient (Wildman–Crippen LogP) is 0.363. The fourth-order valence-electron chi connectivity index (χ4n) is 2.21. The van der Waals surface area contributed by atoms with Crippen molar-refractivity contribution in [3.05, 3.63) is 35.4 Å². The molecule has 0 bridgehead atoms. The monoisotopic (exact) mass is 402 g/mol. The van der Waals surface area contributed by atoms with Crippen LogP contribution in [0.15, 0.2) is 18.3 Å². The van der Waals surface area contributed by atoms with Gasteiger partial charge in [-0.1, -0.05) is 0 Å². The average molecular weight is 402 g/mol. The molecule has 2 aromatic heterocycles. The molecule has 152 valence electrons. The minimum atomic E-state index is -4.66. The molecule has 28 heavy (non-hydrogen) atoms. The summed E-state index contributed by atoms with van der Waals surface area (Å²) in [5.41, 5.74) is -1.60. The van der Waals surface area contributed by atoms with Gasteiger partial charge in [0.25, 0.3) is 5.91 Å². The van der Waals surface area contributed by atoms with Crippen molar-refractivity contribution in [1.29, 1.82) is 0 Å². The van der Waals surface area contributed by atoms with E-state index in [1.165, 1.54) is 12.3 Å². The number of aromatic carboxylic acids is 1. The number of halogens is 3. The first kappa shape index (κ1) is 20.9. The van der Waals surface area contributed by atoms with Crippen LogP contribution in [0.3, 0.4) is 0 Å². The molecule has 0 aliphatic rings. The molecule has 3 N–H and O–H groups in total. The number of aromatic nitrogens is 4. The predicted molar refractivity (Wildman–Crippen MR) is 87.4 cm³/mol. The first-order chi connectivity index (χ1) is 13.1. The highest BCUT2D eigenvalue weighted by atomic mass is 19.4. The van der Waals surface area contributed by atoms with Crippen LogP contribution in [0.25, 0.3) is 0 Å². The van der Waals surface area contributed by atoms with E-state index in [1.807, 2.05) is 0 Å². The van der Waals surface area contributed by atoms with E-state index >= 15 is 0 Å². The summed E-state index contributed by atoms with van der Waals surface area (Å²) >= 11 is 0. The SMILES string of the molecule is CCn1nc(C(F)(F)F)cc1C(=O)NCCNC(=O)Cn1ccc(C(=O)O)n1. The zero-order valence-electron chi connectivity index (χ0n) is 14.7. The summed E-state index contributed by atoms with van der Waals surface area (Å²) in [6.07, 6.45) is -3.33. The standard InChI is InChI=1S/C15H17F3N6O4/c1-2-24-10(7-11(22-24)15(16,17)18)13(26)20-5-4-19-12(25)8-23-6-3-9(21-23)14(27)28/h3,6-7H,2,4-5,8H2,1H3,(H,19,25)(H,20,26)(H,27,28). The second-order valence-electron chi connectivity index (χ2n) is 5.54. The summed E-state index contributed by atoms with van der Waals surface area (Å²) < 4.78 is 40.2. The number of amides is 2. The van der Waals surface area contributed by atoms with E-state index in [-0.39, 0.29) is 37.6 Å². The molecule has 2 heterocycles. The summed E-state index contributed by atoms with van der Waals surface area (Å²) in [6, 6.07) is 1.90. The lowest BCUT2D eigenvalue weighted by atomic mass is 10.3. The van der Waals surface area contributed by atoms with Crippen molar-refractivity contribution in [2.75, 3.05) is 13.1 Å². The normalized spacial score (nSPS) is 11.3. The van der Waals surface area contributed by atoms with Crippen LogP contribution in [0.5, 0.6) is 0 Å². The second-order valence-corrected chi connectivity index (χ2v) is 5.54. The van der Waals surface area contributed by atoms with E-state index in [9.17, 15) is 27.6 Å². The number of hydrogen-bond donors (Lipinski definition) is 3. The molecule has 0 atom stereocenters.